The lowest BCUT2D eigenvalue weighted by Crippen LogP contribution is -2.24. The number of nitrogen functional groups attached to an aromatic ring is 1. The highest BCUT2D eigenvalue weighted by Crippen LogP contribution is 2.20. The van der Waals surface area contributed by atoms with E-state index in [2.05, 4.69) is 27.5 Å². The average molecular weight is 235 g/mol. The van der Waals surface area contributed by atoms with Gasteiger partial charge < -0.3 is 16.4 Å². The van der Waals surface area contributed by atoms with Gasteiger partial charge in [0.2, 0.25) is 5.91 Å². The summed E-state index contributed by atoms with van der Waals surface area (Å²) in [6, 6.07) is 0.0902. The quantitative estimate of drug-likeness (QED) is 0.698. The number of rotatable bonds is 4. The van der Waals surface area contributed by atoms with Gasteiger partial charge in [0.05, 0.1) is 6.04 Å². The highest BCUT2D eigenvalue weighted by atomic mass is 16.1. The number of nitrogens with one attached hydrogen (secondary N) is 2. The van der Waals surface area contributed by atoms with Gasteiger partial charge in [-0.1, -0.05) is 13.3 Å². The van der Waals surface area contributed by atoms with Gasteiger partial charge in [0.15, 0.2) is 0 Å². The van der Waals surface area contributed by atoms with E-state index in [9.17, 15) is 4.79 Å². The van der Waals surface area contributed by atoms with Crippen LogP contribution in [0.2, 0.25) is 0 Å². The molecule has 0 saturated carbocycles. The first kappa shape index (κ1) is 11.6. The summed E-state index contributed by atoms with van der Waals surface area (Å²) in [4.78, 5) is 19.3. The third-order valence-electron chi connectivity index (χ3n) is 2.80. The molecule has 2 rings (SSSR count). The summed E-state index contributed by atoms with van der Waals surface area (Å²) in [5.74, 6) is 1.34. The summed E-state index contributed by atoms with van der Waals surface area (Å²) < 4.78 is 0. The summed E-state index contributed by atoms with van der Waals surface area (Å²) in [7, 11) is 0. The Morgan fingerprint density at radius 2 is 2.41 bits per heavy atom. The van der Waals surface area contributed by atoms with Gasteiger partial charge in [0.1, 0.15) is 18.0 Å². The largest absolute Gasteiger partial charge is 0.383 e. The van der Waals surface area contributed by atoms with Gasteiger partial charge in [0.25, 0.3) is 0 Å². The second-order valence-electron chi connectivity index (χ2n) is 4.19. The molecule has 92 valence electrons. The smallest absolute Gasteiger partial charge is 0.222 e. The van der Waals surface area contributed by atoms with Gasteiger partial charge in [-0.3, -0.25) is 4.79 Å². The molecule has 0 spiro atoms. The van der Waals surface area contributed by atoms with Crippen LogP contribution in [0.3, 0.4) is 0 Å². The maximum atomic E-state index is 11.1. The van der Waals surface area contributed by atoms with Crippen LogP contribution in [0.25, 0.3) is 0 Å². The van der Waals surface area contributed by atoms with E-state index in [1.807, 2.05) is 0 Å². The molecule has 1 unspecified atom stereocenters. The number of hydrogen-bond donors (Lipinski definition) is 3. The topological polar surface area (TPSA) is 92.9 Å². The van der Waals surface area contributed by atoms with Gasteiger partial charge in [-0.15, -0.1) is 0 Å². The minimum absolute atomic E-state index is 0.0709. The molecule has 0 bridgehead atoms. The van der Waals surface area contributed by atoms with Gasteiger partial charge >= 0.3 is 0 Å². The zero-order valence-electron chi connectivity index (χ0n) is 9.86. The van der Waals surface area contributed by atoms with Gasteiger partial charge in [0, 0.05) is 18.5 Å². The van der Waals surface area contributed by atoms with E-state index < -0.39 is 0 Å². The number of anilines is 2. The number of nitrogens with zero attached hydrogens (tertiary/aromatic N) is 2. The summed E-state index contributed by atoms with van der Waals surface area (Å²) >= 11 is 0. The Balaban J connectivity index is 2.14. The number of nitrogens with two attached hydrogens (primary N) is 1. The molecule has 1 amide bonds. The highest BCUT2D eigenvalue weighted by molar-refractivity contribution is 5.79. The monoisotopic (exact) mass is 235 g/mol. The minimum atomic E-state index is 0.0709. The van der Waals surface area contributed by atoms with Gasteiger partial charge in [-0.2, -0.15) is 0 Å². The number of carbonyl (C=O) groups is 1. The number of hydrogen-bond acceptors (Lipinski definition) is 5. The molecule has 6 nitrogen and oxygen atoms in total. The fraction of sp³-hybridized carbons (Fsp3) is 0.545. The van der Waals surface area contributed by atoms with Crippen molar-refractivity contribution in [2.24, 2.45) is 0 Å². The second kappa shape index (κ2) is 4.99. The van der Waals surface area contributed by atoms with Crippen LogP contribution in [-0.2, 0) is 11.2 Å². The highest BCUT2D eigenvalue weighted by Gasteiger charge is 2.22. The molecule has 1 aliphatic rings. The average Bonchev–Trinajstić information content (AvgIpc) is 2.69. The Bertz CT molecular complexity index is 420. The maximum Gasteiger partial charge on any atom is 0.222 e. The Labute approximate surface area is 100 Å². The van der Waals surface area contributed by atoms with Crippen LogP contribution in [0.1, 0.15) is 25.3 Å². The Morgan fingerprint density at radius 3 is 3.06 bits per heavy atom. The molecule has 1 fully saturated rings. The van der Waals surface area contributed by atoms with E-state index in [0.29, 0.717) is 18.8 Å². The van der Waals surface area contributed by atoms with Crippen LogP contribution in [-0.4, -0.2) is 28.5 Å². The van der Waals surface area contributed by atoms with Crippen molar-refractivity contribution in [3.8, 4) is 0 Å². The molecule has 1 saturated heterocycles. The summed E-state index contributed by atoms with van der Waals surface area (Å²) in [5, 5.41) is 6.03. The van der Waals surface area contributed by atoms with E-state index in [1.54, 1.807) is 0 Å². The molecular weight excluding hydrogens is 218 g/mol. The van der Waals surface area contributed by atoms with Crippen LogP contribution in [0, 0.1) is 0 Å². The summed E-state index contributed by atoms with van der Waals surface area (Å²) in [5.41, 5.74) is 6.77. The van der Waals surface area contributed by atoms with Crippen LogP contribution < -0.4 is 16.4 Å². The fourth-order valence-corrected chi connectivity index (χ4v) is 1.95. The predicted octanol–water partition coefficient (Wildman–Crippen LogP) is 0.312. The number of aromatic nitrogens is 2. The molecule has 1 aromatic rings. The molecule has 0 radical (unpaired) electrons. The van der Waals surface area contributed by atoms with E-state index in [0.717, 1.165) is 24.2 Å². The molecule has 6 heteroatoms. The van der Waals surface area contributed by atoms with Crippen molar-refractivity contribution >= 4 is 17.5 Å². The lowest BCUT2D eigenvalue weighted by atomic mass is 10.1. The van der Waals surface area contributed by atoms with Crippen LogP contribution in [0.5, 0.6) is 0 Å². The van der Waals surface area contributed by atoms with E-state index in [-0.39, 0.29) is 11.9 Å². The normalized spacial score (nSPS) is 19.1. The third-order valence-corrected chi connectivity index (χ3v) is 2.80. The molecule has 0 aromatic carbocycles. The molecular formula is C11H17N5O. The zero-order chi connectivity index (χ0) is 12.3. The minimum Gasteiger partial charge on any atom is -0.383 e. The summed E-state index contributed by atoms with van der Waals surface area (Å²) in [6.07, 6.45) is 3.74. The van der Waals surface area contributed by atoms with E-state index in [4.69, 9.17) is 5.73 Å². The number of carbonyl (C=O) groups excluding carboxylic acids is 1. The van der Waals surface area contributed by atoms with Crippen molar-refractivity contribution in [1.29, 1.82) is 0 Å². The third kappa shape index (κ3) is 2.64. The molecule has 4 N–H and O–H groups in total. The van der Waals surface area contributed by atoms with E-state index >= 15 is 0 Å². The first-order chi connectivity index (χ1) is 8.20. The Morgan fingerprint density at radius 1 is 1.59 bits per heavy atom. The molecule has 0 aliphatic carbocycles. The first-order valence-electron chi connectivity index (χ1n) is 5.83. The second-order valence-corrected chi connectivity index (χ2v) is 4.19. The van der Waals surface area contributed by atoms with Crippen LogP contribution in [0.4, 0.5) is 11.6 Å². The first-order valence-corrected chi connectivity index (χ1v) is 5.83. The van der Waals surface area contributed by atoms with Crippen molar-refractivity contribution in [2.45, 2.75) is 32.2 Å². The standard InChI is InChI=1S/C11H17N5O/c1-2-3-8-10(12)14-6-15-11(8)16-7-4-9(17)13-5-7/h6-7H,2-5H2,1H3,(H,13,17)(H3,12,14,15,16). The van der Waals surface area contributed by atoms with Gasteiger partial charge in [-0.25, -0.2) is 9.97 Å². The van der Waals surface area contributed by atoms with Crippen molar-refractivity contribution < 1.29 is 4.79 Å². The fourth-order valence-electron chi connectivity index (χ4n) is 1.95. The molecule has 2 heterocycles. The van der Waals surface area contributed by atoms with Gasteiger partial charge in [-0.05, 0) is 6.42 Å². The van der Waals surface area contributed by atoms with Crippen molar-refractivity contribution in [1.82, 2.24) is 15.3 Å². The Kier molecular flexibility index (Phi) is 3.41. The maximum absolute atomic E-state index is 11.1. The summed E-state index contributed by atoms with van der Waals surface area (Å²) in [6.45, 7) is 2.71. The predicted molar refractivity (Wildman–Crippen MR) is 65.5 cm³/mol. The zero-order valence-corrected chi connectivity index (χ0v) is 9.86. The molecule has 1 atom stereocenters. The van der Waals surface area contributed by atoms with Crippen molar-refractivity contribution in [3.05, 3.63) is 11.9 Å². The van der Waals surface area contributed by atoms with Crippen LogP contribution >= 0.6 is 0 Å². The molecule has 17 heavy (non-hydrogen) atoms. The number of amides is 1. The molecule has 1 aliphatic heterocycles. The van der Waals surface area contributed by atoms with Crippen molar-refractivity contribution in [3.63, 3.8) is 0 Å². The van der Waals surface area contributed by atoms with Crippen LogP contribution in [0.15, 0.2) is 6.33 Å². The van der Waals surface area contributed by atoms with E-state index in [1.165, 1.54) is 6.33 Å². The lowest BCUT2D eigenvalue weighted by molar-refractivity contribution is -0.119. The molecule has 1 aromatic heterocycles. The Hall–Kier alpha value is -1.85. The SMILES string of the molecule is CCCc1c(N)ncnc1NC1CNC(=O)C1. The lowest BCUT2D eigenvalue weighted by Gasteiger charge is -2.15. The van der Waals surface area contributed by atoms with Crippen molar-refractivity contribution in [2.75, 3.05) is 17.6 Å².